The van der Waals surface area contributed by atoms with Crippen molar-refractivity contribution in [1.29, 1.82) is 0 Å². The van der Waals surface area contributed by atoms with Crippen LogP contribution in [0, 0.1) is 13.8 Å². The van der Waals surface area contributed by atoms with Gasteiger partial charge in [0.05, 0.1) is 12.1 Å². The van der Waals surface area contributed by atoms with Crippen molar-refractivity contribution in [2.75, 3.05) is 25.5 Å². The van der Waals surface area contributed by atoms with Crippen molar-refractivity contribution in [2.45, 2.75) is 65.1 Å². The smallest absolute Gasteiger partial charge is 0.251 e. The van der Waals surface area contributed by atoms with Crippen molar-refractivity contribution >= 4 is 28.8 Å². The third kappa shape index (κ3) is 5.27. The first kappa shape index (κ1) is 26.2. The molecule has 1 amide bonds. The molecule has 0 bridgehead atoms. The molecule has 2 aromatic heterocycles. The Balaban J connectivity index is 1.58. The lowest BCUT2D eigenvalue weighted by Crippen LogP contribution is -2.42. The van der Waals surface area contributed by atoms with E-state index >= 15 is 0 Å². The Bertz CT molecular complexity index is 1310. The zero-order valence-corrected chi connectivity index (χ0v) is 22.6. The minimum Gasteiger partial charge on any atom is -0.369 e. The largest absolute Gasteiger partial charge is 0.369 e. The highest BCUT2D eigenvalue weighted by Gasteiger charge is 2.28. The number of carbonyl (C=O) groups excluding carboxylic acids is 1. The molecule has 1 saturated carbocycles. The fourth-order valence-electron chi connectivity index (χ4n) is 5.48. The first-order valence-electron chi connectivity index (χ1n) is 12.7. The summed E-state index contributed by atoms with van der Waals surface area (Å²) in [7, 11) is 4.30. The molecule has 0 unspecified atom stereocenters. The lowest BCUT2D eigenvalue weighted by molar-refractivity contribution is 0.0950. The van der Waals surface area contributed by atoms with E-state index in [1.54, 1.807) is 18.3 Å². The van der Waals surface area contributed by atoms with Crippen LogP contribution in [-0.4, -0.2) is 52.9 Å². The third-order valence-corrected chi connectivity index (χ3v) is 7.75. The van der Waals surface area contributed by atoms with Crippen LogP contribution < -0.4 is 15.6 Å². The Morgan fingerprint density at radius 1 is 1.14 bits per heavy atom. The Hall–Kier alpha value is -2.90. The van der Waals surface area contributed by atoms with Gasteiger partial charge in [-0.1, -0.05) is 11.6 Å². The number of fused-ring (bicyclic) bond motifs is 1. The zero-order chi connectivity index (χ0) is 26.0. The Morgan fingerprint density at radius 2 is 1.83 bits per heavy atom. The van der Waals surface area contributed by atoms with E-state index in [9.17, 15) is 9.59 Å². The summed E-state index contributed by atoms with van der Waals surface area (Å²) in [6.45, 7) is 6.93. The van der Waals surface area contributed by atoms with Gasteiger partial charge in [-0.15, -0.1) is 0 Å². The normalized spacial score (nSPS) is 18.0. The highest BCUT2D eigenvalue weighted by Crippen LogP contribution is 2.34. The average Bonchev–Trinajstić information content (AvgIpc) is 2.86. The van der Waals surface area contributed by atoms with Crippen molar-refractivity contribution in [3.05, 3.63) is 74.3 Å². The number of aromatic nitrogens is 2. The maximum Gasteiger partial charge on any atom is 0.251 e. The van der Waals surface area contributed by atoms with Gasteiger partial charge in [-0.3, -0.25) is 9.59 Å². The second-order valence-corrected chi connectivity index (χ2v) is 10.4. The van der Waals surface area contributed by atoms with E-state index in [0.717, 1.165) is 49.2 Å². The molecule has 7 nitrogen and oxygen atoms in total. The zero-order valence-electron chi connectivity index (χ0n) is 21.8. The van der Waals surface area contributed by atoms with Crippen LogP contribution in [0.5, 0.6) is 0 Å². The fraction of sp³-hybridized carbons (Fsp3) is 0.464. The SMILES string of the molecule is CCN(c1cc(Cl)cc(C(=O)NCc2c(=O)cc(C)n3cccnc23)c1C)C1CCC(N(C)C)CC1. The van der Waals surface area contributed by atoms with Crippen LogP contribution in [0.3, 0.4) is 0 Å². The maximum absolute atomic E-state index is 13.3. The predicted octanol–water partition coefficient (Wildman–Crippen LogP) is 4.59. The number of nitrogens with zero attached hydrogens (tertiary/aromatic N) is 4. The van der Waals surface area contributed by atoms with E-state index in [2.05, 4.69) is 41.1 Å². The number of hydrogen-bond acceptors (Lipinski definition) is 5. The molecule has 0 saturated heterocycles. The average molecular weight is 510 g/mol. The molecule has 1 aromatic carbocycles. The quantitative estimate of drug-likeness (QED) is 0.504. The molecule has 0 aliphatic heterocycles. The topological polar surface area (TPSA) is 70.0 Å². The van der Waals surface area contributed by atoms with Crippen LogP contribution in [0.25, 0.3) is 5.65 Å². The first-order chi connectivity index (χ1) is 17.2. The van der Waals surface area contributed by atoms with Crippen molar-refractivity contribution in [1.82, 2.24) is 19.6 Å². The summed E-state index contributed by atoms with van der Waals surface area (Å²) in [6.07, 6.45) is 8.06. The molecule has 192 valence electrons. The van der Waals surface area contributed by atoms with Crippen molar-refractivity contribution in [3.63, 3.8) is 0 Å². The molecular formula is C28H36ClN5O2. The summed E-state index contributed by atoms with van der Waals surface area (Å²) < 4.78 is 1.86. The van der Waals surface area contributed by atoms with E-state index in [0.29, 0.717) is 33.9 Å². The van der Waals surface area contributed by atoms with Crippen LogP contribution in [0.1, 0.15) is 59.8 Å². The molecule has 1 aliphatic rings. The van der Waals surface area contributed by atoms with E-state index in [4.69, 9.17) is 11.6 Å². The molecule has 1 N–H and O–H groups in total. The van der Waals surface area contributed by atoms with Crippen molar-refractivity contribution < 1.29 is 4.79 Å². The molecule has 4 rings (SSSR count). The molecule has 0 atom stereocenters. The summed E-state index contributed by atoms with van der Waals surface area (Å²) in [5.41, 5.74) is 4.11. The minimum absolute atomic E-state index is 0.0891. The van der Waals surface area contributed by atoms with E-state index in [1.165, 1.54) is 0 Å². The summed E-state index contributed by atoms with van der Waals surface area (Å²) in [5.74, 6) is -0.252. The number of benzene rings is 1. The number of pyridine rings is 1. The van der Waals surface area contributed by atoms with E-state index in [-0.39, 0.29) is 17.9 Å². The molecule has 0 radical (unpaired) electrons. The summed E-state index contributed by atoms with van der Waals surface area (Å²) in [4.78, 5) is 35.1. The summed E-state index contributed by atoms with van der Waals surface area (Å²) >= 11 is 6.53. The van der Waals surface area contributed by atoms with Crippen LogP contribution in [0.4, 0.5) is 5.69 Å². The number of aryl methyl sites for hydroxylation is 1. The summed E-state index contributed by atoms with van der Waals surface area (Å²) in [5, 5.41) is 3.47. The molecule has 8 heteroatoms. The monoisotopic (exact) mass is 509 g/mol. The molecule has 1 aliphatic carbocycles. The maximum atomic E-state index is 13.3. The van der Waals surface area contributed by atoms with E-state index in [1.807, 2.05) is 36.6 Å². The van der Waals surface area contributed by atoms with Gasteiger partial charge in [-0.25, -0.2) is 4.98 Å². The van der Waals surface area contributed by atoms with Crippen LogP contribution in [0.15, 0.2) is 41.5 Å². The first-order valence-corrected chi connectivity index (χ1v) is 13.1. The van der Waals surface area contributed by atoms with Crippen LogP contribution >= 0.6 is 11.6 Å². The molecule has 1 fully saturated rings. The number of nitrogens with one attached hydrogen (secondary N) is 1. The number of anilines is 1. The molecule has 0 spiro atoms. The lowest BCUT2D eigenvalue weighted by atomic mass is 9.89. The van der Waals surface area contributed by atoms with Gasteiger partial charge < -0.3 is 19.5 Å². The molecular weight excluding hydrogens is 474 g/mol. The standard InChI is InChI=1S/C28H36ClN5O2/c1-6-33(22-10-8-21(9-11-22)32(4)5)25-16-20(29)15-23(19(25)3)28(36)31-17-24-26(35)14-18(2)34-13-7-12-30-27(24)34/h7,12-16,21-22H,6,8-11,17H2,1-5H3,(H,31,36). The van der Waals surface area contributed by atoms with Crippen LogP contribution in [-0.2, 0) is 6.54 Å². The van der Waals surface area contributed by atoms with Gasteiger partial charge >= 0.3 is 0 Å². The number of amides is 1. The van der Waals surface area contributed by atoms with Crippen molar-refractivity contribution in [2.24, 2.45) is 0 Å². The Labute approximate surface area is 218 Å². The van der Waals surface area contributed by atoms with Gasteiger partial charge in [0.15, 0.2) is 5.43 Å². The van der Waals surface area contributed by atoms with Gasteiger partial charge in [-0.05, 0) is 84.3 Å². The van der Waals surface area contributed by atoms with Gasteiger partial charge in [-0.2, -0.15) is 0 Å². The highest BCUT2D eigenvalue weighted by molar-refractivity contribution is 6.31. The van der Waals surface area contributed by atoms with E-state index < -0.39 is 0 Å². The summed E-state index contributed by atoms with van der Waals surface area (Å²) in [6, 6.07) is 8.12. The number of halogens is 1. The van der Waals surface area contributed by atoms with Gasteiger partial charge in [0.25, 0.3) is 5.91 Å². The highest BCUT2D eigenvalue weighted by atomic mass is 35.5. The molecule has 2 heterocycles. The molecule has 3 aromatic rings. The van der Waals surface area contributed by atoms with Crippen LogP contribution in [0.2, 0.25) is 5.02 Å². The van der Waals surface area contributed by atoms with Crippen molar-refractivity contribution in [3.8, 4) is 0 Å². The van der Waals surface area contributed by atoms with Gasteiger partial charge in [0.2, 0.25) is 0 Å². The number of rotatable bonds is 7. The Morgan fingerprint density at radius 3 is 2.50 bits per heavy atom. The fourth-order valence-corrected chi connectivity index (χ4v) is 5.69. The molecule has 36 heavy (non-hydrogen) atoms. The second-order valence-electron chi connectivity index (χ2n) is 9.93. The number of carbonyl (C=O) groups is 1. The lowest BCUT2D eigenvalue weighted by Gasteiger charge is -2.40. The predicted molar refractivity (Wildman–Crippen MR) is 146 cm³/mol. The van der Waals surface area contributed by atoms with Gasteiger partial charge in [0, 0.05) is 59.1 Å². The second kappa shape index (κ2) is 11.0. The van der Waals surface area contributed by atoms with Gasteiger partial charge in [0.1, 0.15) is 5.65 Å². The number of hydrogen-bond donors (Lipinski definition) is 1. The Kier molecular flexibility index (Phi) is 8.00. The minimum atomic E-state index is -0.252. The third-order valence-electron chi connectivity index (χ3n) is 7.54.